The zero-order chi connectivity index (χ0) is 20.6. The molecule has 6 nitrogen and oxygen atoms in total. The summed E-state index contributed by atoms with van der Waals surface area (Å²) in [6.07, 6.45) is 5.42. The highest BCUT2D eigenvalue weighted by Crippen LogP contribution is 2.53. The van der Waals surface area contributed by atoms with Gasteiger partial charge in [0.2, 0.25) is 5.91 Å². The maximum atomic E-state index is 12.8. The molecule has 1 aromatic carbocycles. The molecule has 2 heterocycles. The van der Waals surface area contributed by atoms with Gasteiger partial charge in [0.15, 0.2) is 0 Å². The Morgan fingerprint density at radius 3 is 2.45 bits per heavy atom. The lowest BCUT2D eigenvalue weighted by Gasteiger charge is -2.40. The topological polar surface area (TPSA) is 55.9 Å². The van der Waals surface area contributed by atoms with Crippen molar-refractivity contribution in [1.82, 2.24) is 14.7 Å². The van der Waals surface area contributed by atoms with Crippen molar-refractivity contribution in [3.8, 4) is 0 Å². The lowest BCUT2D eigenvalue weighted by Crippen LogP contribution is -2.59. The molecule has 0 aromatic heterocycles. The maximum absolute atomic E-state index is 12.8. The number of carbonyl (C=O) groups is 2. The molecule has 1 atom stereocenters. The Bertz CT molecular complexity index is 789. The molecule has 158 valence electrons. The van der Waals surface area contributed by atoms with Crippen molar-refractivity contribution in [1.29, 1.82) is 0 Å². The van der Waals surface area contributed by atoms with Crippen LogP contribution < -0.4 is 5.32 Å². The molecule has 1 unspecified atom stereocenters. The Morgan fingerprint density at radius 2 is 1.79 bits per heavy atom. The molecule has 4 rings (SSSR count). The van der Waals surface area contributed by atoms with Crippen LogP contribution in [0, 0.1) is 5.41 Å². The van der Waals surface area contributed by atoms with E-state index in [2.05, 4.69) is 10.2 Å². The number of benzene rings is 1. The van der Waals surface area contributed by atoms with E-state index in [-0.39, 0.29) is 11.9 Å². The van der Waals surface area contributed by atoms with E-state index in [9.17, 15) is 9.59 Å². The third-order valence-corrected chi connectivity index (χ3v) is 7.48. The van der Waals surface area contributed by atoms with Crippen LogP contribution in [-0.4, -0.2) is 71.9 Å². The molecule has 1 saturated carbocycles. The van der Waals surface area contributed by atoms with E-state index < -0.39 is 6.04 Å². The van der Waals surface area contributed by atoms with Gasteiger partial charge in [-0.2, -0.15) is 0 Å². The minimum Gasteiger partial charge on any atom is -0.338 e. The molecular formula is C21H28Cl2N4O2. The molecular weight excluding hydrogens is 411 g/mol. The Morgan fingerprint density at radius 1 is 1.07 bits per heavy atom. The van der Waals surface area contributed by atoms with Gasteiger partial charge in [0.1, 0.15) is 6.04 Å². The van der Waals surface area contributed by atoms with Gasteiger partial charge in [-0.05, 0) is 69.3 Å². The normalized spacial score (nSPS) is 24.1. The summed E-state index contributed by atoms with van der Waals surface area (Å²) in [7, 11) is 0. The van der Waals surface area contributed by atoms with Crippen LogP contribution in [-0.2, 0) is 4.79 Å². The average molecular weight is 439 g/mol. The number of urea groups is 1. The van der Waals surface area contributed by atoms with Crippen LogP contribution >= 0.6 is 23.2 Å². The predicted octanol–water partition coefficient (Wildman–Crippen LogP) is 3.93. The third-order valence-electron chi connectivity index (χ3n) is 6.74. The number of anilines is 1. The number of amides is 3. The molecule has 1 aliphatic carbocycles. The van der Waals surface area contributed by atoms with Gasteiger partial charge < -0.3 is 20.0 Å². The van der Waals surface area contributed by atoms with E-state index in [0.717, 1.165) is 26.2 Å². The number of nitrogens with one attached hydrogen (secondary N) is 1. The van der Waals surface area contributed by atoms with Crippen molar-refractivity contribution in [2.75, 3.05) is 44.6 Å². The second-order valence-electron chi connectivity index (χ2n) is 8.60. The summed E-state index contributed by atoms with van der Waals surface area (Å²) in [5.41, 5.74) is 1.23. The smallest absolute Gasteiger partial charge is 0.322 e. The molecule has 0 radical (unpaired) electrons. The van der Waals surface area contributed by atoms with Crippen LogP contribution in [0.2, 0.25) is 10.0 Å². The molecule has 1 aromatic rings. The first-order valence-corrected chi connectivity index (χ1v) is 11.2. The zero-order valence-electron chi connectivity index (χ0n) is 16.8. The highest BCUT2D eigenvalue weighted by atomic mass is 35.5. The van der Waals surface area contributed by atoms with E-state index in [0.29, 0.717) is 34.2 Å². The summed E-state index contributed by atoms with van der Waals surface area (Å²) in [6, 6.07) is 4.16. The van der Waals surface area contributed by atoms with Crippen LogP contribution in [0.25, 0.3) is 0 Å². The molecule has 0 bridgehead atoms. The number of hydrogen-bond donors (Lipinski definition) is 1. The molecule has 2 saturated heterocycles. The summed E-state index contributed by atoms with van der Waals surface area (Å²) in [6.45, 7) is 6.83. The lowest BCUT2D eigenvalue weighted by molar-refractivity contribution is -0.139. The largest absolute Gasteiger partial charge is 0.338 e. The fourth-order valence-electron chi connectivity index (χ4n) is 4.39. The molecule has 1 N–H and O–H groups in total. The minimum absolute atomic E-state index is 0.0104. The van der Waals surface area contributed by atoms with E-state index >= 15 is 0 Å². The number of halogens is 2. The van der Waals surface area contributed by atoms with Gasteiger partial charge in [0, 0.05) is 31.9 Å². The predicted molar refractivity (Wildman–Crippen MR) is 116 cm³/mol. The van der Waals surface area contributed by atoms with Crippen LogP contribution in [0.3, 0.4) is 0 Å². The quantitative estimate of drug-likeness (QED) is 0.774. The molecule has 29 heavy (non-hydrogen) atoms. The Balaban J connectivity index is 1.27. The fourth-order valence-corrected chi connectivity index (χ4v) is 4.69. The first-order valence-electron chi connectivity index (χ1n) is 10.4. The summed E-state index contributed by atoms with van der Waals surface area (Å²) in [5, 5.41) is 3.62. The molecule has 2 aliphatic heterocycles. The average Bonchev–Trinajstić information content (AvgIpc) is 3.46. The summed E-state index contributed by atoms with van der Waals surface area (Å²) in [5.74, 6) is 0.0104. The molecule has 3 aliphatic rings. The van der Waals surface area contributed by atoms with Crippen LogP contribution in [0.15, 0.2) is 18.2 Å². The van der Waals surface area contributed by atoms with E-state index in [1.807, 2.05) is 4.90 Å². The van der Waals surface area contributed by atoms with E-state index in [4.69, 9.17) is 23.2 Å². The van der Waals surface area contributed by atoms with Crippen LogP contribution in [0.5, 0.6) is 0 Å². The number of nitrogens with zero attached hydrogens (tertiary/aromatic N) is 3. The van der Waals surface area contributed by atoms with Crippen molar-refractivity contribution in [3.05, 3.63) is 28.2 Å². The Labute approximate surface area is 182 Å². The van der Waals surface area contributed by atoms with Crippen LogP contribution in [0.1, 0.15) is 32.6 Å². The lowest BCUT2D eigenvalue weighted by atomic mass is 9.94. The highest BCUT2D eigenvalue weighted by Gasteiger charge is 2.44. The number of carbonyl (C=O) groups excluding carboxylic acids is 2. The standard InChI is InChI=1S/C21H28Cl2N4O2/c1-15-19(28)26(11-10-25-8-6-21(4-5-21)7-9-25)12-13-27(15)20(29)24-16-2-3-17(22)18(23)14-16/h2-3,14-15H,4-13H2,1H3,(H,24,29). The molecule has 8 heteroatoms. The van der Waals surface area contributed by atoms with Crippen LogP contribution in [0.4, 0.5) is 10.5 Å². The number of piperazine rings is 1. The molecule has 1 spiro atoms. The Hall–Kier alpha value is -1.50. The van der Waals surface area contributed by atoms with Gasteiger partial charge in [-0.25, -0.2) is 4.79 Å². The van der Waals surface area contributed by atoms with Gasteiger partial charge in [-0.1, -0.05) is 23.2 Å². The molecule has 3 amide bonds. The first kappa shape index (κ1) is 20.8. The van der Waals surface area contributed by atoms with Crippen molar-refractivity contribution in [3.63, 3.8) is 0 Å². The number of likely N-dealkylation sites (tertiary alicyclic amines) is 1. The maximum Gasteiger partial charge on any atom is 0.322 e. The van der Waals surface area contributed by atoms with Gasteiger partial charge in [0.05, 0.1) is 10.0 Å². The van der Waals surface area contributed by atoms with Crippen molar-refractivity contribution in [2.45, 2.75) is 38.6 Å². The van der Waals surface area contributed by atoms with Crippen molar-refractivity contribution >= 4 is 40.8 Å². The SMILES string of the molecule is CC1C(=O)N(CCN2CCC3(CC2)CC3)CCN1C(=O)Nc1ccc(Cl)c(Cl)c1. The van der Waals surface area contributed by atoms with Crippen molar-refractivity contribution in [2.24, 2.45) is 5.41 Å². The van der Waals surface area contributed by atoms with Crippen molar-refractivity contribution < 1.29 is 9.59 Å². The number of rotatable bonds is 4. The van der Waals surface area contributed by atoms with Gasteiger partial charge in [-0.3, -0.25) is 4.79 Å². The minimum atomic E-state index is -0.484. The first-order chi connectivity index (χ1) is 13.9. The third kappa shape index (κ3) is 4.65. The van der Waals surface area contributed by atoms with E-state index in [1.165, 1.54) is 25.7 Å². The zero-order valence-corrected chi connectivity index (χ0v) is 18.3. The second-order valence-corrected chi connectivity index (χ2v) is 9.41. The fraction of sp³-hybridized carbons (Fsp3) is 0.619. The van der Waals surface area contributed by atoms with Gasteiger partial charge >= 0.3 is 6.03 Å². The summed E-state index contributed by atoms with van der Waals surface area (Å²) >= 11 is 11.9. The summed E-state index contributed by atoms with van der Waals surface area (Å²) in [4.78, 5) is 31.4. The number of hydrogen-bond acceptors (Lipinski definition) is 3. The highest BCUT2D eigenvalue weighted by molar-refractivity contribution is 6.42. The Kier molecular flexibility index (Phi) is 5.96. The van der Waals surface area contributed by atoms with Gasteiger partial charge in [-0.15, -0.1) is 0 Å². The number of piperidine rings is 1. The van der Waals surface area contributed by atoms with Gasteiger partial charge in [0.25, 0.3) is 0 Å². The summed E-state index contributed by atoms with van der Waals surface area (Å²) < 4.78 is 0. The second kappa shape index (κ2) is 8.32. The molecule has 3 fully saturated rings. The van der Waals surface area contributed by atoms with E-state index in [1.54, 1.807) is 30.0 Å². The monoisotopic (exact) mass is 438 g/mol.